The summed E-state index contributed by atoms with van der Waals surface area (Å²) in [5.41, 5.74) is 0.132. The quantitative estimate of drug-likeness (QED) is 0.614. The normalized spacial score (nSPS) is 12.3. The van der Waals surface area contributed by atoms with Crippen LogP contribution in [0.5, 0.6) is 0 Å². The van der Waals surface area contributed by atoms with Gasteiger partial charge in [0.15, 0.2) is 0 Å². The smallest absolute Gasteiger partial charge is 0.244 e. The van der Waals surface area contributed by atoms with Crippen LogP contribution in [-0.2, 0) is 26.2 Å². The number of hydrogen-bond donors (Lipinski definition) is 1. The van der Waals surface area contributed by atoms with Gasteiger partial charge < -0.3 is 10.2 Å². The van der Waals surface area contributed by atoms with Crippen molar-refractivity contribution in [1.82, 2.24) is 10.2 Å². The maximum absolute atomic E-state index is 14.3. The van der Waals surface area contributed by atoms with Crippen molar-refractivity contribution in [3.8, 4) is 0 Å². The first-order valence-electron chi connectivity index (χ1n) is 9.96. The van der Waals surface area contributed by atoms with Crippen molar-refractivity contribution in [3.05, 3.63) is 65.7 Å². The Balaban J connectivity index is 2.40. The molecule has 0 saturated heterocycles. The Hall–Kier alpha value is -3.01. The van der Waals surface area contributed by atoms with E-state index in [1.165, 1.54) is 37.3 Å². The maximum atomic E-state index is 14.3. The highest BCUT2D eigenvalue weighted by atomic mass is 32.2. The topological polar surface area (TPSA) is 86.8 Å². The van der Waals surface area contributed by atoms with Gasteiger partial charge in [-0.1, -0.05) is 24.3 Å². The number of benzene rings is 2. The molecule has 0 spiro atoms. The first-order valence-corrected chi connectivity index (χ1v) is 11.8. The van der Waals surface area contributed by atoms with Gasteiger partial charge in [0.1, 0.15) is 24.2 Å². The molecule has 2 amide bonds. The van der Waals surface area contributed by atoms with Crippen molar-refractivity contribution >= 4 is 27.5 Å². The standard InChI is InChI=1S/C22H27F2N3O4S/c1-15(2)25-22(29)16(3)26(13-17-8-5-6-11-20(17)24)21(28)14-27(32(4,30)31)19-10-7-9-18(23)12-19/h5-12,15-16H,13-14H2,1-4H3,(H,25,29)/t16-/m1/s1. The van der Waals surface area contributed by atoms with E-state index in [0.29, 0.717) is 0 Å². The van der Waals surface area contributed by atoms with E-state index < -0.39 is 46.1 Å². The number of carbonyl (C=O) groups excluding carboxylic acids is 2. The van der Waals surface area contributed by atoms with Crippen molar-refractivity contribution < 1.29 is 26.8 Å². The molecule has 0 saturated carbocycles. The molecule has 2 rings (SSSR count). The molecular weight excluding hydrogens is 440 g/mol. The summed E-state index contributed by atoms with van der Waals surface area (Å²) in [6.45, 7) is 4.05. The second kappa shape index (κ2) is 10.5. The van der Waals surface area contributed by atoms with E-state index in [4.69, 9.17) is 0 Å². The van der Waals surface area contributed by atoms with Crippen LogP contribution >= 0.6 is 0 Å². The number of amides is 2. The highest BCUT2D eigenvalue weighted by Crippen LogP contribution is 2.20. The van der Waals surface area contributed by atoms with Gasteiger partial charge in [-0.15, -0.1) is 0 Å². The van der Waals surface area contributed by atoms with Gasteiger partial charge in [0.2, 0.25) is 21.8 Å². The van der Waals surface area contributed by atoms with Crippen molar-refractivity contribution in [2.45, 2.75) is 39.4 Å². The number of rotatable bonds is 9. The molecule has 174 valence electrons. The molecule has 2 aromatic carbocycles. The van der Waals surface area contributed by atoms with Crippen molar-refractivity contribution in [3.63, 3.8) is 0 Å². The Bertz CT molecular complexity index is 1080. The summed E-state index contributed by atoms with van der Waals surface area (Å²) in [5, 5.41) is 2.69. The molecule has 0 heterocycles. The SMILES string of the molecule is CC(C)NC(=O)[C@@H](C)N(Cc1ccccc1F)C(=O)CN(c1cccc(F)c1)S(C)(=O)=O. The third-order valence-electron chi connectivity index (χ3n) is 4.67. The largest absolute Gasteiger partial charge is 0.352 e. The molecule has 32 heavy (non-hydrogen) atoms. The summed E-state index contributed by atoms with van der Waals surface area (Å²) < 4.78 is 53.4. The van der Waals surface area contributed by atoms with Crippen LogP contribution in [-0.4, -0.2) is 50.0 Å². The van der Waals surface area contributed by atoms with Crippen LogP contribution < -0.4 is 9.62 Å². The molecule has 0 unspecified atom stereocenters. The summed E-state index contributed by atoms with van der Waals surface area (Å²) in [6, 6.07) is 9.39. The van der Waals surface area contributed by atoms with Crippen molar-refractivity contribution in [2.75, 3.05) is 17.1 Å². The number of sulfonamides is 1. The minimum absolute atomic E-state index is 0.0361. The van der Waals surface area contributed by atoms with E-state index in [0.717, 1.165) is 27.6 Å². The maximum Gasteiger partial charge on any atom is 0.244 e. The molecule has 0 fully saturated rings. The van der Waals surface area contributed by atoms with Crippen LogP contribution in [0.3, 0.4) is 0 Å². The second-order valence-corrected chi connectivity index (χ2v) is 9.61. The van der Waals surface area contributed by atoms with Gasteiger partial charge in [-0.2, -0.15) is 0 Å². The van der Waals surface area contributed by atoms with E-state index in [2.05, 4.69) is 5.32 Å². The highest BCUT2D eigenvalue weighted by Gasteiger charge is 2.30. The molecule has 10 heteroatoms. The summed E-state index contributed by atoms with van der Waals surface area (Å²) in [5.74, 6) is -2.45. The number of halogens is 2. The summed E-state index contributed by atoms with van der Waals surface area (Å²) in [6.07, 6.45) is 0.890. The molecule has 0 aliphatic rings. The monoisotopic (exact) mass is 467 g/mol. The number of hydrogen-bond acceptors (Lipinski definition) is 4. The van der Waals surface area contributed by atoms with Crippen LogP contribution in [0.15, 0.2) is 48.5 Å². The predicted molar refractivity (Wildman–Crippen MR) is 118 cm³/mol. The highest BCUT2D eigenvalue weighted by molar-refractivity contribution is 7.92. The third kappa shape index (κ3) is 6.74. The molecule has 7 nitrogen and oxygen atoms in total. The lowest BCUT2D eigenvalue weighted by Crippen LogP contribution is -2.52. The fourth-order valence-electron chi connectivity index (χ4n) is 3.04. The molecular formula is C22H27F2N3O4S. The third-order valence-corrected chi connectivity index (χ3v) is 5.81. The molecule has 0 aromatic heterocycles. The predicted octanol–water partition coefficient (Wildman–Crippen LogP) is 2.67. The molecule has 1 atom stereocenters. The Morgan fingerprint density at radius 2 is 1.69 bits per heavy atom. The number of anilines is 1. The van der Waals surface area contributed by atoms with Crippen LogP contribution in [0.1, 0.15) is 26.3 Å². The fraction of sp³-hybridized carbons (Fsp3) is 0.364. The lowest BCUT2D eigenvalue weighted by atomic mass is 10.1. The van der Waals surface area contributed by atoms with Gasteiger partial charge >= 0.3 is 0 Å². The Morgan fingerprint density at radius 3 is 2.25 bits per heavy atom. The van der Waals surface area contributed by atoms with E-state index in [9.17, 15) is 26.8 Å². The van der Waals surface area contributed by atoms with Gasteiger partial charge in [-0.3, -0.25) is 13.9 Å². The van der Waals surface area contributed by atoms with E-state index in [-0.39, 0.29) is 23.8 Å². The lowest BCUT2D eigenvalue weighted by molar-refractivity contribution is -0.139. The van der Waals surface area contributed by atoms with Crippen molar-refractivity contribution in [1.29, 1.82) is 0 Å². The zero-order valence-corrected chi connectivity index (χ0v) is 19.2. The average molecular weight is 468 g/mol. The lowest BCUT2D eigenvalue weighted by Gasteiger charge is -2.32. The summed E-state index contributed by atoms with van der Waals surface area (Å²) >= 11 is 0. The number of nitrogens with zero attached hydrogens (tertiary/aromatic N) is 2. The second-order valence-electron chi connectivity index (χ2n) is 7.70. The minimum Gasteiger partial charge on any atom is -0.352 e. The number of nitrogens with one attached hydrogen (secondary N) is 1. The van der Waals surface area contributed by atoms with Gasteiger partial charge in [-0.05, 0) is 45.0 Å². The van der Waals surface area contributed by atoms with E-state index >= 15 is 0 Å². The summed E-state index contributed by atoms with van der Waals surface area (Å²) in [7, 11) is -3.96. The van der Waals surface area contributed by atoms with E-state index in [1.807, 2.05) is 0 Å². The van der Waals surface area contributed by atoms with Gasteiger partial charge in [0.25, 0.3) is 0 Å². The van der Waals surface area contributed by atoms with Crippen LogP contribution in [0.4, 0.5) is 14.5 Å². The Labute approximate surface area is 187 Å². The van der Waals surface area contributed by atoms with Crippen molar-refractivity contribution in [2.24, 2.45) is 0 Å². The van der Waals surface area contributed by atoms with Crippen LogP contribution in [0.2, 0.25) is 0 Å². The molecule has 0 bridgehead atoms. The zero-order valence-electron chi connectivity index (χ0n) is 18.4. The molecule has 0 radical (unpaired) electrons. The average Bonchev–Trinajstić information content (AvgIpc) is 2.69. The Kier molecular flexibility index (Phi) is 8.31. The van der Waals surface area contributed by atoms with Crippen LogP contribution in [0, 0.1) is 11.6 Å². The first kappa shape index (κ1) is 25.3. The van der Waals surface area contributed by atoms with E-state index in [1.54, 1.807) is 19.9 Å². The fourth-order valence-corrected chi connectivity index (χ4v) is 3.88. The van der Waals surface area contributed by atoms with Crippen LogP contribution in [0.25, 0.3) is 0 Å². The first-order chi connectivity index (χ1) is 14.9. The zero-order chi connectivity index (χ0) is 24.1. The van der Waals surface area contributed by atoms with Gasteiger partial charge in [0, 0.05) is 18.2 Å². The molecule has 1 N–H and O–H groups in total. The molecule has 2 aromatic rings. The molecule has 0 aliphatic heterocycles. The number of carbonyl (C=O) groups is 2. The molecule has 0 aliphatic carbocycles. The Morgan fingerprint density at radius 1 is 1.03 bits per heavy atom. The van der Waals surface area contributed by atoms with Gasteiger partial charge in [0.05, 0.1) is 11.9 Å². The van der Waals surface area contributed by atoms with Gasteiger partial charge in [-0.25, -0.2) is 17.2 Å². The minimum atomic E-state index is -3.96. The summed E-state index contributed by atoms with van der Waals surface area (Å²) in [4.78, 5) is 26.9.